The molecule has 0 unspecified atom stereocenters. The summed E-state index contributed by atoms with van der Waals surface area (Å²) in [5.41, 5.74) is 2.71. The second kappa shape index (κ2) is 10.7. The number of morpholine rings is 1. The van der Waals surface area contributed by atoms with Gasteiger partial charge < -0.3 is 19.9 Å². The zero-order valence-corrected chi connectivity index (χ0v) is 21.5. The standard InChI is InChI=1S/C27H29F3N8O/c1-17-2-5-19(6-3-17)31-20-8-10-36(11-9-20)25-33-26(37-12-14-39-15-13-37)35-27(34-25)38-22-7-4-18(28)16-21(22)32-24(38)23(29)30/h2-7,16,20,23,31H,8-15H2,1H3. The number of ether oxygens (including phenoxy) is 1. The van der Waals surface area contributed by atoms with E-state index in [-0.39, 0.29) is 11.5 Å². The van der Waals surface area contributed by atoms with Gasteiger partial charge in [-0.3, -0.25) is 4.57 Å². The molecule has 2 aromatic carbocycles. The molecule has 204 valence electrons. The minimum atomic E-state index is -2.91. The first-order valence-electron chi connectivity index (χ1n) is 13.1. The molecule has 4 heterocycles. The lowest BCUT2D eigenvalue weighted by Gasteiger charge is -2.34. The Labute approximate surface area is 223 Å². The number of rotatable bonds is 6. The highest BCUT2D eigenvalue weighted by Gasteiger charge is 2.27. The number of nitrogens with zero attached hydrogens (tertiary/aromatic N) is 7. The van der Waals surface area contributed by atoms with Crippen molar-refractivity contribution in [2.75, 3.05) is 54.5 Å². The summed E-state index contributed by atoms with van der Waals surface area (Å²) in [6.45, 7) is 5.61. The van der Waals surface area contributed by atoms with Gasteiger partial charge in [0.1, 0.15) is 5.82 Å². The number of aromatic nitrogens is 5. The molecule has 2 saturated heterocycles. The van der Waals surface area contributed by atoms with Gasteiger partial charge in [0.25, 0.3) is 6.43 Å². The number of alkyl halides is 2. The molecular formula is C27H29F3N8O. The maximum Gasteiger partial charge on any atom is 0.296 e. The SMILES string of the molecule is Cc1ccc(NC2CCN(c3nc(N4CCOCC4)nc(-n4c(C(F)F)nc5cc(F)ccc54)n3)CC2)cc1. The Balaban J connectivity index is 1.33. The van der Waals surface area contributed by atoms with Crippen molar-refractivity contribution in [3.05, 3.63) is 59.7 Å². The fourth-order valence-corrected chi connectivity index (χ4v) is 5.03. The predicted octanol–water partition coefficient (Wildman–Crippen LogP) is 4.51. The molecule has 0 aliphatic carbocycles. The highest BCUT2D eigenvalue weighted by atomic mass is 19.3. The van der Waals surface area contributed by atoms with Crippen LogP contribution >= 0.6 is 0 Å². The van der Waals surface area contributed by atoms with Gasteiger partial charge in [0, 0.05) is 44.0 Å². The maximum absolute atomic E-state index is 14.1. The minimum Gasteiger partial charge on any atom is -0.382 e. The molecule has 2 aliphatic heterocycles. The summed E-state index contributed by atoms with van der Waals surface area (Å²) in [7, 11) is 0. The van der Waals surface area contributed by atoms with Crippen LogP contribution in [0.3, 0.4) is 0 Å². The Morgan fingerprint density at radius 1 is 0.846 bits per heavy atom. The van der Waals surface area contributed by atoms with Crippen LogP contribution in [-0.4, -0.2) is 69.9 Å². The fourth-order valence-electron chi connectivity index (χ4n) is 5.03. The molecule has 2 aromatic heterocycles. The lowest BCUT2D eigenvalue weighted by atomic mass is 10.0. The first-order chi connectivity index (χ1) is 18.9. The zero-order chi connectivity index (χ0) is 26.9. The molecule has 0 amide bonds. The summed E-state index contributed by atoms with van der Waals surface area (Å²) in [6.07, 6.45) is -1.19. The average Bonchev–Trinajstić information content (AvgIpc) is 3.34. The molecule has 2 fully saturated rings. The normalized spacial score (nSPS) is 16.8. The van der Waals surface area contributed by atoms with E-state index in [1.807, 2.05) is 4.90 Å². The largest absolute Gasteiger partial charge is 0.382 e. The lowest BCUT2D eigenvalue weighted by molar-refractivity contribution is 0.122. The Hall–Kier alpha value is -3.93. The third kappa shape index (κ3) is 5.33. The summed E-state index contributed by atoms with van der Waals surface area (Å²) in [5, 5.41) is 3.59. The van der Waals surface area contributed by atoms with Gasteiger partial charge in [0.15, 0.2) is 5.82 Å². The van der Waals surface area contributed by atoms with Gasteiger partial charge in [-0.25, -0.2) is 18.2 Å². The molecule has 2 aliphatic rings. The maximum atomic E-state index is 14.1. The van der Waals surface area contributed by atoms with Crippen LogP contribution in [0.2, 0.25) is 0 Å². The van der Waals surface area contributed by atoms with E-state index in [1.54, 1.807) is 0 Å². The van der Waals surface area contributed by atoms with E-state index in [4.69, 9.17) is 9.72 Å². The number of piperidine rings is 1. The first kappa shape index (κ1) is 25.4. The monoisotopic (exact) mass is 538 g/mol. The Morgan fingerprint density at radius 2 is 1.49 bits per heavy atom. The van der Waals surface area contributed by atoms with Gasteiger partial charge in [-0.1, -0.05) is 17.7 Å². The Morgan fingerprint density at radius 3 is 2.15 bits per heavy atom. The van der Waals surface area contributed by atoms with E-state index < -0.39 is 18.1 Å². The molecule has 0 radical (unpaired) electrons. The van der Waals surface area contributed by atoms with E-state index in [9.17, 15) is 13.2 Å². The Bertz CT molecular complexity index is 1450. The van der Waals surface area contributed by atoms with Crippen LogP contribution < -0.4 is 15.1 Å². The van der Waals surface area contributed by atoms with E-state index in [2.05, 4.69) is 56.4 Å². The van der Waals surface area contributed by atoms with Crippen LogP contribution in [0.5, 0.6) is 0 Å². The van der Waals surface area contributed by atoms with Gasteiger partial charge in [-0.2, -0.15) is 15.0 Å². The number of nitrogens with one attached hydrogen (secondary N) is 1. The zero-order valence-electron chi connectivity index (χ0n) is 21.5. The fraction of sp³-hybridized carbons (Fsp3) is 0.407. The van der Waals surface area contributed by atoms with E-state index in [1.165, 1.54) is 22.3 Å². The number of benzene rings is 2. The van der Waals surface area contributed by atoms with Gasteiger partial charge >= 0.3 is 0 Å². The molecule has 4 aromatic rings. The number of aryl methyl sites for hydroxylation is 1. The number of hydrogen-bond acceptors (Lipinski definition) is 8. The number of halogens is 3. The van der Waals surface area contributed by atoms with Gasteiger partial charge in [-0.15, -0.1) is 0 Å². The third-order valence-electron chi connectivity index (χ3n) is 7.13. The van der Waals surface area contributed by atoms with Crippen LogP contribution in [0.25, 0.3) is 17.0 Å². The highest BCUT2D eigenvalue weighted by molar-refractivity contribution is 5.78. The van der Waals surface area contributed by atoms with Crippen molar-refractivity contribution in [1.29, 1.82) is 0 Å². The van der Waals surface area contributed by atoms with Crippen LogP contribution in [0.1, 0.15) is 30.7 Å². The molecular weight excluding hydrogens is 509 g/mol. The summed E-state index contributed by atoms with van der Waals surface area (Å²) in [4.78, 5) is 22.0. The van der Waals surface area contributed by atoms with Gasteiger partial charge in [0.05, 0.1) is 24.2 Å². The van der Waals surface area contributed by atoms with Crippen molar-refractivity contribution in [2.45, 2.75) is 32.2 Å². The molecule has 0 bridgehead atoms. The van der Waals surface area contributed by atoms with E-state index >= 15 is 0 Å². The van der Waals surface area contributed by atoms with Crippen molar-refractivity contribution in [1.82, 2.24) is 24.5 Å². The predicted molar refractivity (Wildman–Crippen MR) is 142 cm³/mol. The number of fused-ring (bicyclic) bond motifs is 1. The van der Waals surface area contributed by atoms with Crippen LogP contribution in [0, 0.1) is 12.7 Å². The molecule has 39 heavy (non-hydrogen) atoms. The number of hydrogen-bond donors (Lipinski definition) is 1. The molecule has 0 saturated carbocycles. The van der Waals surface area contributed by atoms with Gasteiger partial charge in [0.2, 0.25) is 17.8 Å². The van der Waals surface area contributed by atoms with Gasteiger partial charge in [-0.05, 0) is 44.0 Å². The smallest absolute Gasteiger partial charge is 0.296 e. The second-order valence-electron chi connectivity index (χ2n) is 9.85. The third-order valence-corrected chi connectivity index (χ3v) is 7.13. The molecule has 9 nitrogen and oxygen atoms in total. The van der Waals surface area contributed by atoms with Crippen molar-refractivity contribution >= 4 is 28.6 Å². The number of imidazole rings is 1. The second-order valence-corrected chi connectivity index (χ2v) is 9.85. The molecule has 12 heteroatoms. The summed E-state index contributed by atoms with van der Waals surface area (Å²) < 4.78 is 48.8. The van der Waals surface area contributed by atoms with Crippen molar-refractivity contribution in [3.8, 4) is 5.95 Å². The molecule has 0 spiro atoms. The minimum absolute atomic E-state index is 0.0332. The van der Waals surface area contributed by atoms with Crippen LogP contribution in [-0.2, 0) is 4.74 Å². The first-order valence-corrected chi connectivity index (χ1v) is 13.1. The Kier molecular flexibility index (Phi) is 6.94. The van der Waals surface area contributed by atoms with Crippen molar-refractivity contribution < 1.29 is 17.9 Å². The molecule has 0 atom stereocenters. The van der Waals surface area contributed by atoms with Crippen LogP contribution in [0.4, 0.5) is 30.8 Å². The molecule has 6 rings (SSSR count). The summed E-state index contributed by atoms with van der Waals surface area (Å²) >= 11 is 0. The number of anilines is 3. The summed E-state index contributed by atoms with van der Waals surface area (Å²) in [6, 6.07) is 12.4. The lowest BCUT2D eigenvalue weighted by Crippen LogP contribution is -2.41. The quantitative estimate of drug-likeness (QED) is 0.384. The van der Waals surface area contributed by atoms with Crippen LogP contribution in [0.15, 0.2) is 42.5 Å². The van der Waals surface area contributed by atoms with E-state index in [0.717, 1.165) is 24.6 Å². The van der Waals surface area contributed by atoms with Crippen molar-refractivity contribution in [2.24, 2.45) is 0 Å². The van der Waals surface area contributed by atoms with E-state index in [0.29, 0.717) is 62.8 Å². The average molecular weight is 539 g/mol. The molecule has 1 N–H and O–H groups in total. The topological polar surface area (TPSA) is 84.2 Å². The van der Waals surface area contributed by atoms with Crippen molar-refractivity contribution in [3.63, 3.8) is 0 Å². The summed E-state index contributed by atoms with van der Waals surface area (Å²) in [5.74, 6) is -0.255. The highest BCUT2D eigenvalue weighted by Crippen LogP contribution is 2.29.